The molecule has 7 rings (SSSR count). The molecule has 3 aromatic rings. The summed E-state index contributed by atoms with van der Waals surface area (Å²) < 4.78 is 25.9. The predicted molar refractivity (Wildman–Crippen MR) is 225 cm³/mol. The second-order valence-electron chi connectivity index (χ2n) is 15.7. The fourth-order valence-corrected chi connectivity index (χ4v) is 9.18. The van der Waals surface area contributed by atoms with Crippen molar-refractivity contribution in [1.29, 1.82) is 0 Å². The van der Waals surface area contributed by atoms with Crippen LogP contribution in [0.1, 0.15) is 57.0 Å². The highest BCUT2D eigenvalue weighted by Gasteiger charge is 2.54. The van der Waals surface area contributed by atoms with E-state index in [0.717, 1.165) is 17.1 Å². The maximum Gasteiger partial charge on any atom is 0.410 e. The number of thioether (sulfide) groups is 1. The van der Waals surface area contributed by atoms with Crippen LogP contribution in [-0.2, 0) is 46.7 Å². The summed E-state index contributed by atoms with van der Waals surface area (Å²) in [5.41, 5.74) is 7.45. The number of amides is 3. The Balaban J connectivity index is 1.09. The Morgan fingerprint density at radius 3 is 2.26 bits per heavy atom. The van der Waals surface area contributed by atoms with E-state index in [4.69, 9.17) is 29.5 Å². The Hall–Kier alpha value is -5.95. The minimum Gasteiger partial charge on any atom is -0.497 e. The number of allylic oxidation sites excluding steroid dienone is 1. The van der Waals surface area contributed by atoms with Crippen molar-refractivity contribution in [3.05, 3.63) is 88.4 Å². The summed E-state index contributed by atoms with van der Waals surface area (Å²) >= 11 is 2.27. The molecule has 3 saturated heterocycles. The molecule has 2 N–H and O–H groups in total. The zero-order valence-corrected chi connectivity index (χ0v) is 36.1. The Labute approximate surface area is 361 Å². The molecule has 0 aliphatic carbocycles. The van der Waals surface area contributed by atoms with Crippen LogP contribution in [0.25, 0.3) is 0 Å². The number of hydrogen-bond acceptors (Lipinski definition) is 16. The van der Waals surface area contributed by atoms with E-state index in [9.17, 15) is 24.0 Å². The monoisotopic (exact) mass is 873 g/mol. The molecule has 1 unspecified atom stereocenters. The number of hydrogen-bond donors (Lipinski definition) is 1. The molecule has 3 atom stereocenters. The lowest BCUT2D eigenvalue weighted by molar-refractivity contribution is -0.155. The van der Waals surface area contributed by atoms with Gasteiger partial charge in [-0.2, -0.15) is 9.36 Å². The number of ether oxygens (including phenoxy) is 4. The van der Waals surface area contributed by atoms with E-state index in [1.807, 2.05) is 20.8 Å². The van der Waals surface area contributed by atoms with Crippen molar-refractivity contribution in [2.24, 2.45) is 11.1 Å². The van der Waals surface area contributed by atoms with Gasteiger partial charge in [0.05, 0.1) is 31.6 Å². The average molecular weight is 874 g/mol. The van der Waals surface area contributed by atoms with Crippen LogP contribution in [0.5, 0.6) is 11.5 Å². The minimum atomic E-state index is -0.822. The first-order chi connectivity index (χ1) is 29.2. The predicted octanol–water partition coefficient (Wildman–Crippen LogP) is 4.71. The fourth-order valence-electron chi connectivity index (χ4n) is 7.37. The summed E-state index contributed by atoms with van der Waals surface area (Å²) in [6.07, 6.45) is 2.02. The van der Waals surface area contributed by atoms with Gasteiger partial charge in [-0.3, -0.25) is 19.3 Å². The number of anilines is 1. The summed E-state index contributed by atoms with van der Waals surface area (Å²) in [6, 6.07) is 14.0. The van der Waals surface area contributed by atoms with Crippen LogP contribution in [0, 0.1) is 5.92 Å². The van der Waals surface area contributed by atoms with Crippen LogP contribution >= 0.6 is 23.3 Å². The van der Waals surface area contributed by atoms with E-state index in [2.05, 4.69) is 14.5 Å². The van der Waals surface area contributed by atoms with Gasteiger partial charge in [-0.25, -0.2) is 9.59 Å². The van der Waals surface area contributed by atoms with E-state index in [-0.39, 0.29) is 59.7 Å². The van der Waals surface area contributed by atoms with Crippen LogP contribution in [0.2, 0.25) is 0 Å². The standard InChI is InChI=1S/C42H47N7O10S2/c1-42(2,3)59-41(54)47-16-15-28(20-47)48-17-14-26(36(48)51)18-27-23-60-38-31(37(52)49(38)34(27)39(53)57-21-24-6-10-29(55-4)11-7-24)19-32(50)33(35-44-40(43)61-46-35)45-58-22-25-8-12-30(56-5)13-9-25/h6-13,18,28,31,38H,14-17,19-23H2,1-5H3,(H2,43,44,46)/b26-18+,45-33+/t28?,31-,38-/m1/s1. The van der Waals surface area contributed by atoms with Gasteiger partial charge in [0, 0.05) is 48.9 Å². The molecule has 0 saturated carbocycles. The van der Waals surface area contributed by atoms with E-state index in [0.29, 0.717) is 60.7 Å². The molecule has 322 valence electrons. The minimum absolute atomic E-state index is 0.0207. The molecule has 1 aromatic heterocycles. The first-order valence-electron chi connectivity index (χ1n) is 19.7. The molecule has 4 aliphatic rings. The smallest absolute Gasteiger partial charge is 0.410 e. The molecule has 3 amide bonds. The van der Waals surface area contributed by atoms with Crippen molar-refractivity contribution in [3.63, 3.8) is 0 Å². The number of ketones is 1. The number of nitrogens with two attached hydrogens (primary N) is 1. The van der Waals surface area contributed by atoms with Gasteiger partial charge in [0.2, 0.25) is 17.6 Å². The molecule has 2 aromatic carbocycles. The van der Waals surface area contributed by atoms with Crippen LogP contribution in [0.3, 0.4) is 0 Å². The fraction of sp³-hybridized carbons (Fsp3) is 0.429. The zero-order valence-electron chi connectivity index (χ0n) is 34.5. The summed E-state index contributed by atoms with van der Waals surface area (Å²) in [7, 11) is 3.12. The Bertz CT molecular complexity index is 2270. The number of benzene rings is 2. The third-order valence-corrected chi connectivity index (χ3v) is 12.4. The number of carbonyl (C=O) groups is 5. The highest BCUT2D eigenvalue weighted by atomic mass is 32.2. The van der Waals surface area contributed by atoms with Crippen molar-refractivity contribution >= 4 is 63.8 Å². The number of aromatic nitrogens is 2. The lowest BCUT2D eigenvalue weighted by Crippen LogP contribution is -2.62. The first-order valence-corrected chi connectivity index (χ1v) is 21.5. The van der Waals surface area contributed by atoms with Gasteiger partial charge in [0.1, 0.15) is 36.0 Å². The van der Waals surface area contributed by atoms with E-state index in [1.165, 1.54) is 16.7 Å². The second-order valence-corrected chi connectivity index (χ2v) is 17.6. The van der Waals surface area contributed by atoms with Gasteiger partial charge in [-0.15, -0.1) is 11.8 Å². The number of carbonyl (C=O) groups excluding carboxylic acids is 5. The number of β-lactam (4-membered cyclic amide) rings is 1. The highest BCUT2D eigenvalue weighted by Crippen LogP contribution is 2.46. The van der Waals surface area contributed by atoms with Crippen LogP contribution in [0.4, 0.5) is 9.93 Å². The lowest BCUT2D eigenvalue weighted by atomic mass is 9.89. The van der Waals surface area contributed by atoms with Gasteiger partial charge >= 0.3 is 12.1 Å². The number of esters is 1. The van der Waals surface area contributed by atoms with E-state index >= 15 is 0 Å². The molecule has 0 radical (unpaired) electrons. The number of likely N-dealkylation sites (tertiary alicyclic amines) is 2. The summed E-state index contributed by atoms with van der Waals surface area (Å²) in [4.78, 5) is 83.1. The summed E-state index contributed by atoms with van der Waals surface area (Å²) in [5, 5.41) is 3.63. The number of rotatable bonds is 14. The van der Waals surface area contributed by atoms with Gasteiger partial charge in [0.25, 0.3) is 0 Å². The molecule has 4 aliphatic heterocycles. The molecular weight excluding hydrogens is 827 g/mol. The van der Waals surface area contributed by atoms with Gasteiger partial charge in [0.15, 0.2) is 16.6 Å². The maximum atomic E-state index is 14.1. The van der Waals surface area contributed by atoms with Crippen molar-refractivity contribution < 1.29 is 47.8 Å². The normalized spacial score (nSPS) is 21.1. The molecule has 19 heteroatoms. The molecule has 3 fully saturated rings. The highest BCUT2D eigenvalue weighted by molar-refractivity contribution is 8.00. The zero-order chi connectivity index (χ0) is 43.4. The van der Waals surface area contributed by atoms with Crippen molar-refractivity contribution in [3.8, 4) is 11.5 Å². The van der Waals surface area contributed by atoms with Crippen molar-refractivity contribution in [2.45, 2.75) is 70.3 Å². The van der Waals surface area contributed by atoms with Crippen molar-refractivity contribution in [2.75, 3.05) is 45.3 Å². The molecule has 61 heavy (non-hydrogen) atoms. The van der Waals surface area contributed by atoms with E-state index in [1.54, 1.807) is 78.6 Å². The number of Topliss-reactive ketones (excluding diaryl/α,β-unsaturated/α-hetero) is 1. The number of methoxy groups -OCH3 is 2. The Morgan fingerprint density at radius 1 is 0.967 bits per heavy atom. The van der Waals surface area contributed by atoms with Crippen molar-refractivity contribution in [1.82, 2.24) is 24.1 Å². The number of fused-ring (bicyclic) bond motifs is 1. The maximum absolute atomic E-state index is 14.1. The molecule has 0 spiro atoms. The SMILES string of the molecule is COc1ccc(CO/N=C(\C(=O)C[C@@H]2C(=O)N3C(C(=O)OCc4ccc(OC)cc4)=C(/C=C4\CCN(C5CCN(C(=O)OC(C)(C)C)C5)C4=O)CS[C@H]23)c2nsc(N)n2)cc1. The Kier molecular flexibility index (Phi) is 13.0. The average Bonchev–Trinajstić information content (AvgIpc) is 4.00. The summed E-state index contributed by atoms with van der Waals surface area (Å²) in [6.45, 7) is 6.64. The van der Waals surface area contributed by atoms with Crippen LogP contribution < -0.4 is 15.2 Å². The molecule has 17 nitrogen and oxygen atoms in total. The second kappa shape index (κ2) is 18.3. The van der Waals surface area contributed by atoms with Crippen LogP contribution in [0.15, 0.2) is 76.6 Å². The Morgan fingerprint density at radius 2 is 1.64 bits per heavy atom. The van der Waals surface area contributed by atoms with Gasteiger partial charge in [-0.05, 0) is 80.7 Å². The van der Waals surface area contributed by atoms with E-state index < -0.39 is 40.6 Å². The topological polar surface area (TPSA) is 205 Å². The third-order valence-electron chi connectivity index (χ3n) is 10.5. The molecule has 0 bridgehead atoms. The van der Waals surface area contributed by atoms with Crippen LogP contribution in [-0.4, -0.2) is 116 Å². The molecular formula is C42H47N7O10S2. The lowest BCUT2D eigenvalue weighted by Gasteiger charge is -2.49. The quantitative estimate of drug-likeness (QED) is 0.0766. The number of oxime groups is 1. The number of nitrogens with zero attached hydrogens (tertiary/aromatic N) is 6. The first kappa shape index (κ1) is 43.1. The molecule has 5 heterocycles. The largest absolute Gasteiger partial charge is 0.497 e. The van der Waals surface area contributed by atoms with Gasteiger partial charge < -0.3 is 39.3 Å². The number of nitrogen functional groups attached to an aromatic ring is 1. The van der Waals surface area contributed by atoms with Gasteiger partial charge in [-0.1, -0.05) is 29.4 Å². The summed E-state index contributed by atoms with van der Waals surface area (Å²) in [5.74, 6) is -1.22. The third kappa shape index (κ3) is 9.83.